The molecule has 0 heterocycles. The molecule has 0 bridgehead atoms. The lowest BCUT2D eigenvalue weighted by molar-refractivity contribution is 0.280. The third-order valence-corrected chi connectivity index (χ3v) is 5.52. The highest BCUT2D eigenvalue weighted by Gasteiger charge is 2.42. The number of hydrogen-bond acceptors (Lipinski definition) is 3. The Bertz CT molecular complexity index is 231. The predicted molar refractivity (Wildman–Crippen MR) is 48.8 cm³/mol. The highest BCUT2D eigenvalue weighted by atomic mass is 31.2. The first kappa shape index (κ1) is 14.3. The van der Waals surface area contributed by atoms with Gasteiger partial charge in [0.2, 0.25) is 0 Å². The monoisotopic (exact) mass is 248 g/mol. The Morgan fingerprint density at radius 3 is 1.64 bits per heavy atom. The Kier molecular flexibility index (Phi) is 5.47. The fourth-order valence-corrected chi connectivity index (χ4v) is 3.58. The Morgan fingerprint density at radius 1 is 0.929 bits per heavy atom. The molecule has 0 rings (SSSR count). The maximum Gasteiger partial charge on any atom is 0.340 e. The molecule has 0 saturated carbocycles. The highest BCUT2D eigenvalue weighted by molar-refractivity contribution is 7.70. The molecule has 0 aromatic rings. The fraction of sp³-hybridized carbons (Fsp3) is 1.00. The van der Waals surface area contributed by atoms with Crippen LogP contribution in [0, 0.1) is 0 Å². The second kappa shape index (κ2) is 5.37. The Hall–Kier alpha value is 0.260. The van der Waals surface area contributed by atoms with E-state index in [0.717, 1.165) is 0 Å². The van der Waals surface area contributed by atoms with Gasteiger partial charge in [-0.05, 0) is 19.3 Å². The van der Waals surface area contributed by atoms with Gasteiger partial charge in [-0.25, -0.2) is 0 Å². The van der Waals surface area contributed by atoms with E-state index >= 15 is 0 Å². The average molecular weight is 248 g/mol. The first-order valence-electron chi connectivity index (χ1n) is 3.91. The third-order valence-electron chi connectivity index (χ3n) is 1.65. The summed E-state index contributed by atoms with van der Waals surface area (Å²) in [6.07, 6.45) is 0.128. The van der Waals surface area contributed by atoms with E-state index < -0.39 is 20.6 Å². The van der Waals surface area contributed by atoms with Gasteiger partial charge in [-0.1, -0.05) is 0 Å². The Balaban J connectivity index is 4.45. The minimum atomic E-state index is -4.78. The van der Waals surface area contributed by atoms with Gasteiger partial charge in [0.15, 0.2) is 5.40 Å². The van der Waals surface area contributed by atoms with Crippen LogP contribution in [0.4, 0.5) is 0 Å². The lowest BCUT2D eigenvalue weighted by atomic mass is 10.3. The van der Waals surface area contributed by atoms with Crippen molar-refractivity contribution in [2.75, 3.05) is 6.61 Å². The second-order valence-corrected chi connectivity index (χ2v) is 6.89. The highest BCUT2D eigenvalue weighted by Crippen LogP contribution is 2.61. The van der Waals surface area contributed by atoms with E-state index in [1.165, 1.54) is 0 Å². The van der Waals surface area contributed by atoms with Gasteiger partial charge in [0.1, 0.15) is 0 Å². The summed E-state index contributed by atoms with van der Waals surface area (Å²) >= 11 is 0. The van der Waals surface area contributed by atoms with Gasteiger partial charge in [0.05, 0.1) is 0 Å². The predicted octanol–water partition coefficient (Wildman–Crippen LogP) is -0.170. The molecule has 9 heteroatoms. The summed E-state index contributed by atoms with van der Waals surface area (Å²) in [6.45, 7) is -0.172. The van der Waals surface area contributed by atoms with Gasteiger partial charge in [-0.15, -0.1) is 0 Å². The molecule has 5 N–H and O–H groups in total. The Morgan fingerprint density at radius 2 is 1.36 bits per heavy atom. The van der Waals surface area contributed by atoms with Crippen molar-refractivity contribution in [1.29, 1.82) is 0 Å². The third kappa shape index (κ3) is 5.22. The smallest absolute Gasteiger partial charge is 0.340 e. The molecular weight excluding hydrogens is 234 g/mol. The molecule has 0 fully saturated rings. The number of aliphatic hydroxyl groups is 1. The van der Waals surface area contributed by atoms with Crippen molar-refractivity contribution in [1.82, 2.24) is 0 Å². The molecule has 14 heavy (non-hydrogen) atoms. The lowest BCUT2D eigenvalue weighted by Gasteiger charge is -2.18. The topological polar surface area (TPSA) is 135 Å². The summed E-state index contributed by atoms with van der Waals surface area (Å²) < 4.78 is 21.4. The summed E-state index contributed by atoms with van der Waals surface area (Å²) in [5, 5.41) is 6.45. The number of hydrogen-bond donors (Lipinski definition) is 5. The molecule has 0 aromatic carbocycles. The van der Waals surface area contributed by atoms with Gasteiger partial charge >= 0.3 is 15.2 Å². The van der Waals surface area contributed by atoms with E-state index in [4.69, 9.17) is 24.7 Å². The molecule has 0 amide bonds. The molecule has 0 spiro atoms. The normalized spacial score (nSPS) is 13.6. The van der Waals surface area contributed by atoms with Crippen LogP contribution in [0.3, 0.4) is 0 Å². The molecule has 0 radical (unpaired) electrons. The quantitative estimate of drug-likeness (QED) is 0.325. The van der Waals surface area contributed by atoms with Gasteiger partial charge in [0.25, 0.3) is 0 Å². The van der Waals surface area contributed by atoms with Gasteiger partial charge in [-0.2, -0.15) is 0 Å². The van der Waals surface area contributed by atoms with Crippen LogP contribution in [-0.4, -0.2) is 36.7 Å². The van der Waals surface area contributed by atoms with Crippen LogP contribution in [0.25, 0.3) is 0 Å². The van der Waals surface area contributed by atoms with Crippen molar-refractivity contribution in [3.8, 4) is 0 Å². The van der Waals surface area contributed by atoms with E-state index in [2.05, 4.69) is 0 Å². The van der Waals surface area contributed by atoms with E-state index in [1.807, 2.05) is 0 Å². The first-order chi connectivity index (χ1) is 6.19. The van der Waals surface area contributed by atoms with Crippen LogP contribution >= 0.6 is 15.2 Å². The van der Waals surface area contributed by atoms with Gasteiger partial charge in [0, 0.05) is 6.61 Å². The molecule has 0 aliphatic rings. The van der Waals surface area contributed by atoms with Crippen molar-refractivity contribution in [2.24, 2.45) is 0 Å². The lowest BCUT2D eigenvalue weighted by Crippen LogP contribution is -2.09. The number of aliphatic hydroxyl groups excluding tert-OH is 1. The summed E-state index contributed by atoms with van der Waals surface area (Å²) in [6, 6.07) is 0. The molecule has 0 aromatic heterocycles. The second-order valence-electron chi connectivity index (χ2n) is 2.88. The minimum Gasteiger partial charge on any atom is -0.396 e. The van der Waals surface area contributed by atoms with Crippen LogP contribution in [-0.2, 0) is 9.13 Å². The van der Waals surface area contributed by atoms with E-state index in [-0.39, 0.29) is 25.9 Å². The minimum absolute atomic E-state index is 0.164. The van der Waals surface area contributed by atoms with Crippen LogP contribution in [0.15, 0.2) is 0 Å². The zero-order valence-electron chi connectivity index (χ0n) is 7.35. The van der Waals surface area contributed by atoms with Crippen molar-refractivity contribution >= 4 is 15.2 Å². The molecule has 0 aliphatic carbocycles. The molecule has 0 aliphatic heterocycles. The summed E-state index contributed by atoms with van der Waals surface area (Å²) in [5.74, 6) is 0. The SMILES string of the molecule is O=P(O)(O)C(CCCCO)P(=O)(O)O. The van der Waals surface area contributed by atoms with Crippen molar-refractivity contribution < 1.29 is 33.8 Å². The summed E-state index contributed by atoms with van der Waals surface area (Å²) in [5.41, 5.74) is 0. The Labute approximate surface area is 81.1 Å². The molecule has 86 valence electrons. The van der Waals surface area contributed by atoms with Crippen LogP contribution in [0.1, 0.15) is 19.3 Å². The van der Waals surface area contributed by atoms with E-state index in [1.54, 1.807) is 0 Å². The van der Waals surface area contributed by atoms with Crippen molar-refractivity contribution in [3.63, 3.8) is 0 Å². The number of unbranched alkanes of at least 4 members (excludes halogenated alkanes) is 1. The van der Waals surface area contributed by atoms with E-state index in [0.29, 0.717) is 0 Å². The first-order valence-corrected chi connectivity index (χ1v) is 7.27. The molecule has 0 unspecified atom stereocenters. The van der Waals surface area contributed by atoms with Crippen LogP contribution < -0.4 is 0 Å². The molecule has 0 atom stereocenters. The maximum absolute atomic E-state index is 10.7. The van der Waals surface area contributed by atoms with Gasteiger partial charge < -0.3 is 24.7 Å². The van der Waals surface area contributed by atoms with Gasteiger partial charge in [-0.3, -0.25) is 9.13 Å². The summed E-state index contributed by atoms with van der Waals surface area (Å²) in [4.78, 5) is 34.7. The zero-order valence-corrected chi connectivity index (χ0v) is 9.14. The molecular formula is C5H14O7P2. The van der Waals surface area contributed by atoms with Crippen molar-refractivity contribution in [3.05, 3.63) is 0 Å². The summed E-state index contributed by atoms with van der Waals surface area (Å²) in [7, 11) is -9.56. The van der Waals surface area contributed by atoms with Crippen molar-refractivity contribution in [2.45, 2.75) is 24.7 Å². The molecule has 7 nitrogen and oxygen atoms in total. The van der Waals surface area contributed by atoms with E-state index in [9.17, 15) is 9.13 Å². The maximum atomic E-state index is 10.7. The molecule has 0 saturated heterocycles. The zero-order chi connectivity index (χ0) is 11.4. The average Bonchev–Trinajstić information content (AvgIpc) is 1.92. The fourth-order valence-electron chi connectivity index (χ4n) is 0.971. The standard InChI is InChI=1S/C5H14O7P2/c6-4-2-1-3-5(13(7,8)9)14(10,11)12/h5-6H,1-4H2,(H2,7,8,9)(H2,10,11,12). The largest absolute Gasteiger partial charge is 0.396 e. The number of rotatable bonds is 6. The van der Waals surface area contributed by atoms with Crippen LogP contribution in [0.5, 0.6) is 0 Å². The van der Waals surface area contributed by atoms with Crippen LogP contribution in [0.2, 0.25) is 0 Å².